The number of nitrogens with zero attached hydrogens (tertiary/aromatic N) is 3. The first kappa shape index (κ1) is 11.8. The summed E-state index contributed by atoms with van der Waals surface area (Å²) in [6, 6.07) is 5.95. The van der Waals surface area contributed by atoms with Gasteiger partial charge in [-0.25, -0.2) is 14.4 Å². The molecule has 0 unspecified atom stereocenters. The summed E-state index contributed by atoms with van der Waals surface area (Å²) < 4.78 is 13.0. The minimum Gasteiger partial charge on any atom is -0.235 e. The van der Waals surface area contributed by atoms with E-state index in [9.17, 15) is 4.39 Å². The minimum absolute atomic E-state index is 0.0217. The van der Waals surface area contributed by atoms with Crippen molar-refractivity contribution < 1.29 is 4.39 Å². The maximum absolute atomic E-state index is 13.0. The quantitative estimate of drug-likeness (QED) is 0.744. The Hall–Kier alpha value is -1.70. The predicted molar refractivity (Wildman–Crippen MR) is 62.2 cm³/mol. The van der Waals surface area contributed by atoms with E-state index >= 15 is 0 Å². The van der Waals surface area contributed by atoms with Crippen molar-refractivity contribution in [3.8, 4) is 17.5 Å². The van der Waals surface area contributed by atoms with Crippen molar-refractivity contribution in [2.45, 2.75) is 0 Å². The van der Waals surface area contributed by atoms with Gasteiger partial charge in [0.15, 0.2) is 11.0 Å². The highest BCUT2D eigenvalue weighted by atomic mass is 35.5. The number of halogens is 3. The SMILES string of the molecule is N#Cc1cnc(-c2ccc(F)c(Cl)c2)nc1Cl. The molecule has 0 amide bonds. The van der Waals surface area contributed by atoms with Gasteiger partial charge in [-0.3, -0.25) is 0 Å². The first-order valence-corrected chi connectivity index (χ1v) is 5.25. The molecule has 3 nitrogen and oxygen atoms in total. The third-order valence-corrected chi connectivity index (χ3v) is 2.62. The molecule has 2 aromatic rings. The van der Waals surface area contributed by atoms with Gasteiger partial charge in [-0.05, 0) is 18.2 Å². The fourth-order valence-corrected chi connectivity index (χ4v) is 1.56. The van der Waals surface area contributed by atoms with Gasteiger partial charge >= 0.3 is 0 Å². The molecule has 0 bridgehead atoms. The fourth-order valence-electron chi connectivity index (χ4n) is 1.21. The molecule has 0 spiro atoms. The smallest absolute Gasteiger partial charge is 0.160 e. The molecule has 1 aromatic carbocycles. The second-order valence-corrected chi connectivity index (χ2v) is 3.90. The zero-order valence-electron chi connectivity index (χ0n) is 8.28. The third-order valence-electron chi connectivity index (χ3n) is 2.04. The number of benzene rings is 1. The average molecular weight is 268 g/mol. The molecule has 0 saturated carbocycles. The Morgan fingerprint density at radius 3 is 2.65 bits per heavy atom. The van der Waals surface area contributed by atoms with Gasteiger partial charge in [0.05, 0.1) is 11.2 Å². The van der Waals surface area contributed by atoms with Gasteiger partial charge in [0.1, 0.15) is 17.4 Å². The van der Waals surface area contributed by atoms with Gasteiger partial charge in [-0.1, -0.05) is 23.2 Å². The second kappa shape index (κ2) is 4.66. The largest absolute Gasteiger partial charge is 0.235 e. The number of rotatable bonds is 1. The van der Waals surface area contributed by atoms with Crippen LogP contribution in [0.5, 0.6) is 0 Å². The van der Waals surface area contributed by atoms with Gasteiger partial charge in [-0.2, -0.15) is 5.26 Å². The van der Waals surface area contributed by atoms with Crippen LogP contribution in [-0.2, 0) is 0 Å². The van der Waals surface area contributed by atoms with Gasteiger partial charge in [-0.15, -0.1) is 0 Å². The van der Waals surface area contributed by atoms with Crippen molar-refractivity contribution in [2.75, 3.05) is 0 Å². The molecule has 6 heteroatoms. The molecule has 84 valence electrons. The summed E-state index contributed by atoms with van der Waals surface area (Å²) in [5, 5.41) is 8.71. The van der Waals surface area contributed by atoms with Crippen molar-refractivity contribution in [3.05, 3.63) is 46.0 Å². The van der Waals surface area contributed by atoms with Gasteiger partial charge in [0, 0.05) is 5.56 Å². The molecule has 1 aromatic heterocycles. The highest BCUT2D eigenvalue weighted by molar-refractivity contribution is 6.31. The van der Waals surface area contributed by atoms with Gasteiger partial charge < -0.3 is 0 Å². The van der Waals surface area contributed by atoms with E-state index in [1.165, 1.54) is 24.4 Å². The van der Waals surface area contributed by atoms with Crippen molar-refractivity contribution in [2.24, 2.45) is 0 Å². The lowest BCUT2D eigenvalue weighted by Crippen LogP contribution is -1.92. The Labute approximate surface area is 106 Å². The van der Waals surface area contributed by atoms with Crippen LogP contribution >= 0.6 is 23.2 Å². The van der Waals surface area contributed by atoms with E-state index in [1.54, 1.807) is 0 Å². The van der Waals surface area contributed by atoms with E-state index in [-0.39, 0.29) is 21.6 Å². The Morgan fingerprint density at radius 2 is 2.06 bits per heavy atom. The molecule has 2 rings (SSSR count). The molecule has 0 aliphatic rings. The number of hydrogen-bond acceptors (Lipinski definition) is 3. The molecule has 0 saturated heterocycles. The van der Waals surface area contributed by atoms with Crippen LogP contribution < -0.4 is 0 Å². The summed E-state index contributed by atoms with van der Waals surface area (Å²) in [6.07, 6.45) is 1.31. The van der Waals surface area contributed by atoms with Crippen LogP contribution in [0.4, 0.5) is 4.39 Å². The van der Waals surface area contributed by atoms with Crippen LogP contribution in [0.15, 0.2) is 24.4 Å². The Balaban J connectivity index is 2.50. The summed E-state index contributed by atoms with van der Waals surface area (Å²) in [4.78, 5) is 7.89. The molecule has 0 radical (unpaired) electrons. The average Bonchev–Trinajstić information content (AvgIpc) is 2.32. The normalized spacial score (nSPS) is 10.0. The Morgan fingerprint density at radius 1 is 1.29 bits per heavy atom. The second-order valence-electron chi connectivity index (χ2n) is 3.14. The first-order chi connectivity index (χ1) is 8.11. The van der Waals surface area contributed by atoms with Crippen LogP contribution in [0.1, 0.15) is 5.56 Å². The van der Waals surface area contributed by atoms with Crippen LogP contribution in [0, 0.1) is 17.1 Å². The van der Waals surface area contributed by atoms with Gasteiger partial charge in [0.25, 0.3) is 0 Å². The van der Waals surface area contributed by atoms with E-state index in [0.717, 1.165) is 0 Å². The molecular formula is C11H4Cl2FN3. The molecule has 0 aliphatic heterocycles. The first-order valence-electron chi connectivity index (χ1n) is 4.50. The lowest BCUT2D eigenvalue weighted by atomic mass is 10.2. The monoisotopic (exact) mass is 267 g/mol. The van der Waals surface area contributed by atoms with Crippen molar-refractivity contribution in [1.29, 1.82) is 5.26 Å². The fraction of sp³-hybridized carbons (Fsp3) is 0. The summed E-state index contributed by atoms with van der Waals surface area (Å²) in [5.74, 6) is -0.231. The van der Waals surface area contributed by atoms with Crippen molar-refractivity contribution >= 4 is 23.2 Å². The molecule has 1 heterocycles. The maximum atomic E-state index is 13.0. The molecular weight excluding hydrogens is 264 g/mol. The maximum Gasteiger partial charge on any atom is 0.160 e. The van der Waals surface area contributed by atoms with E-state index in [0.29, 0.717) is 5.56 Å². The Bertz CT molecular complexity index is 623. The standard InChI is InChI=1S/C11H4Cl2FN3/c12-8-3-6(1-2-9(8)14)11-16-5-7(4-15)10(13)17-11/h1-3,5H. The third kappa shape index (κ3) is 2.36. The van der Waals surface area contributed by atoms with Gasteiger partial charge in [0.2, 0.25) is 0 Å². The zero-order valence-corrected chi connectivity index (χ0v) is 9.80. The summed E-state index contributed by atoms with van der Waals surface area (Å²) in [5.41, 5.74) is 0.714. The predicted octanol–water partition coefficient (Wildman–Crippen LogP) is 3.46. The Kier molecular flexibility index (Phi) is 3.23. The summed E-state index contributed by atoms with van der Waals surface area (Å²) >= 11 is 11.4. The summed E-state index contributed by atoms with van der Waals surface area (Å²) in [7, 11) is 0. The molecule has 0 aliphatic carbocycles. The van der Waals surface area contributed by atoms with E-state index in [2.05, 4.69) is 9.97 Å². The number of aromatic nitrogens is 2. The number of nitriles is 1. The highest BCUT2D eigenvalue weighted by Gasteiger charge is 2.08. The molecule has 0 N–H and O–H groups in total. The molecule has 0 fully saturated rings. The minimum atomic E-state index is -0.518. The summed E-state index contributed by atoms with van der Waals surface area (Å²) in [6.45, 7) is 0. The van der Waals surface area contributed by atoms with Crippen molar-refractivity contribution in [1.82, 2.24) is 9.97 Å². The van der Waals surface area contributed by atoms with Crippen LogP contribution in [-0.4, -0.2) is 9.97 Å². The van der Waals surface area contributed by atoms with Crippen LogP contribution in [0.2, 0.25) is 10.2 Å². The lowest BCUT2D eigenvalue weighted by Gasteiger charge is -2.02. The van der Waals surface area contributed by atoms with E-state index < -0.39 is 5.82 Å². The van der Waals surface area contributed by atoms with Crippen LogP contribution in [0.25, 0.3) is 11.4 Å². The highest BCUT2D eigenvalue weighted by Crippen LogP contribution is 2.23. The van der Waals surface area contributed by atoms with Crippen LogP contribution in [0.3, 0.4) is 0 Å². The van der Waals surface area contributed by atoms with E-state index in [4.69, 9.17) is 28.5 Å². The molecule has 0 atom stereocenters. The topological polar surface area (TPSA) is 49.6 Å². The number of hydrogen-bond donors (Lipinski definition) is 0. The lowest BCUT2D eigenvalue weighted by molar-refractivity contribution is 0.628. The van der Waals surface area contributed by atoms with E-state index in [1.807, 2.05) is 6.07 Å². The zero-order chi connectivity index (χ0) is 12.4. The van der Waals surface area contributed by atoms with Crippen molar-refractivity contribution in [3.63, 3.8) is 0 Å². The molecule has 17 heavy (non-hydrogen) atoms.